The van der Waals surface area contributed by atoms with Crippen LogP contribution >= 0.6 is 0 Å². The molecule has 37 heavy (non-hydrogen) atoms. The van der Waals surface area contributed by atoms with Crippen molar-refractivity contribution in [3.63, 3.8) is 0 Å². The standard InChI is InChI=1S/C25H31N9O3/c1-30-14-19(13-26-30)27-23-28-22-20(3-2-8-34(22)29-23)18-4-9-32(10-5-18)24(37)33-16-25(17-33)6-11-31(12-7-25)15-21(35)36/h2-4,8,13-14H,5-7,9-12,15-17H2,1H3,(H,27,29)(H,35,36). The van der Waals surface area contributed by atoms with Crippen molar-refractivity contribution in [3.8, 4) is 0 Å². The number of rotatable bonds is 5. The van der Waals surface area contributed by atoms with Crippen LogP contribution in [-0.4, -0.2) is 102 Å². The maximum Gasteiger partial charge on any atom is 0.320 e. The maximum atomic E-state index is 13.1. The molecule has 0 aromatic carbocycles. The minimum Gasteiger partial charge on any atom is -0.480 e. The predicted molar refractivity (Wildman–Crippen MR) is 136 cm³/mol. The Bertz CT molecular complexity index is 1360. The van der Waals surface area contributed by atoms with E-state index in [1.807, 2.05) is 40.2 Å². The first-order valence-corrected chi connectivity index (χ1v) is 12.7. The maximum absolute atomic E-state index is 13.1. The fourth-order valence-electron chi connectivity index (χ4n) is 5.70. The summed E-state index contributed by atoms with van der Waals surface area (Å²) in [6, 6.07) is 4.11. The number of hydrogen-bond donors (Lipinski definition) is 2. The molecule has 0 atom stereocenters. The third-order valence-electron chi connectivity index (χ3n) is 7.75. The Balaban J connectivity index is 1.07. The van der Waals surface area contributed by atoms with E-state index < -0.39 is 5.97 Å². The lowest BCUT2D eigenvalue weighted by Crippen LogP contribution is -2.64. The van der Waals surface area contributed by atoms with Crippen LogP contribution in [-0.2, 0) is 11.8 Å². The molecule has 0 bridgehead atoms. The number of fused-ring (bicyclic) bond motifs is 1. The number of likely N-dealkylation sites (tertiary alicyclic amines) is 2. The second-order valence-electron chi connectivity index (χ2n) is 10.4. The van der Waals surface area contributed by atoms with Crippen molar-refractivity contribution < 1.29 is 14.7 Å². The van der Waals surface area contributed by atoms with E-state index in [-0.39, 0.29) is 18.0 Å². The molecule has 194 valence electrons. The molecule has 2 N–H and O–H groups in total. The number of aliphatic carboxylic acids is 1. The number of nitrogens with one attached hydrogen (secondary N) is 1. The third-order valence-corrected chi connectivity index (χ3v) is 7.75. The molecule has 0 radical (unpaired) electrons. The molecule has 6 heterocycles. The van der Waals surface area contributed by atoms with Crippen LogP contribution in [0.5, 0.6) is 0 Å². The number of amides is 2. The second-order valence-corrected chi connectivity index (χ2v) is 10.4. The Kier molecular flexibility index (Phi) is 5.82. The average molecular weight is 506 g/mol. The lowest BCUT2D eigenvalue weighted by Gasteiger charge is -2.54. The van der Waals surface area contributed by atoms with Gasteiger partial charge < -0.3 is 20.2 Å². The summed E-state index contributed by atoms with van der Waals surface area (Å²) in [5.74, 6) is -0.268. The van der Waals surface area contributed by atoms with Gasteiger partial charge >= 0.3 is 12.0 Å². The van der Waals surface area contributed by atoms with Crippen molar-refractivity contribution in [2.45, 2.75) is 19.3 Å². The molecule has 3 aromatic rings. The van der Waals surface area contributed by atoms with Crippen LogP contribution in [0.15, 0.2) is 36.8 Å². The van der Waals surface area contributed by atoms with Crippen LogP contribution in [0.1, 0.15) is 24.8 Å². The number of carbonyl (C=O) groups excluding carboxylic acids is 1. The van der Waals surface area contributed by atoms with Crippen LogP contribution in [0.25, 0.3) is 11.2 Å². The molecule has 12 heteroatoms. The molecular formula is C25H31N9O3. The Morgan fingerprint density at radius 1 is 1.16 bits per heavy atom. The molecule has 3 aliphatic rings. The number of hydrogen-bond acceptors (Lipinski definition) is 7. The van der Waals surface area contributed by atoms with E-state index >= 15 is 0 Å². The highest BCUT2D eigenvalue weighted by atomic mass is 16.4. The molecule has 2 saturated heterocycles. The Morgan fingerprint density at radius 2 is 1.97 bits per heavy atom. The number of aromatic nitrogens is 5. The number of carboxylic acids is 1. The molecule has 6 rings (SSSR count). The first-order valence-electron chi connectivity index (χ1n) is 12.7. The Labute approximate surface area is 214 Å². The largest absolute Gasteiger partial charge is 0.480 e. The van der Waals surface area contributed by atoms with Gasteiger partial charge in [0.25, 0.3) is 0 Å². The number of carbonyl (C=O) groups is 2. The van der Waals surface area contributed by atoms with E-state index in [0.717, 1.165) is 62.3 Å². The Hall–Kier alpha value is -3.93. The number of anilines is 2. The molecule has 0 unspecified atom stereocenters. The number of carboxylic acid groups (broad SMARTS) is 1. The highest BCUT2D eigenvalue weighted by Crippen LogP contribution is 2.41. The second kappa shape index (κ2) is 9.18. The van der Waals surface area contributed by atoms with Crippen molar-refractivity contribution in [2.24, 2.45) is 12.5 Å². The SMILES string of the molecule is Cn1cc(Nc2nc3c(C4=CCN(C(=O)N5CC6(CCN(CC(=O)O)CC6)C5)CC4)cccn3n2)cn1. The van der Waals surface area contributed by atoms with Crippen LogP contribution in [0.2, 0.25) is 0 Å². The molecule has 0 saturated carbocycles. The zero-order valence-corrected chi connectivity index (χ0v) is 20.9. The number of piperidine rings is 1. The molecule has 1 spiro atoms. The molecule has 12 nitrogen and oxygen atoms in total. The zero-order chi connectivity index (χ0) is 25.6. The summed E-state index contributed by atoms with van der Waals surface area (Å²) in [7, 11) is 1.86. The minimum absolute atomic E-state index is 0.0949. The number of nitrogens with zero attached hydrogens (tertiary/aromatic N) is 8. The summed E-state index contributed by atoms with van der Waals surface area (Å²) in [5, 5.41) is 20.9. The van der Waals surface area contributed by atoms with Gasteiger partial charge in [0.1, 0.15) is 0 Å². The van der Waals surface area contributed by atoms with E-state index in [4.69, 9.17) is 10.1 Å². The normalized spacial score (nSPS) is 19.6. The van der Waals surface area contributed by atoms with Gasteiger partial charge in [0.15, 0.2) is 5.65 Å². The molecule has 3 aromatic heterocycles. The summed E-state index contributed by atoms with van der Waals surface area (Å²) < 4.78 is 3.49. The number of urea groups is 1. The van der Waals surface area contributed by atoms with Gasteiger partial charge in [0, 0.05) is 56.6 Å². The van der Waals surface area contributed by atoms with Crippen molar-refractivity contribution in [1.29, 1.82) is 0 Å². The van der Waals surface area contributed by atoms with Crippen LogP contribution in [0.3, 0.4) is 0 Å². The quantitative estimate of drug-likeness (QED) is 0.539. The van der Waals surface area contributed by atoms with E-state index in [1.54, 1.807) is 15.4 Å². The molecule has 2 amide bonds. The van der Waals surface area contributed by atoms with E-state index in [1.165, 1.54) is 5.57 Å². The summed E-state index contributed by atoms with van der Waals surface area (Å²) in [4.78, 5) is 34.7. The third kappa shape index (κ3) is 4.64. The Morgan fingerprint density at radius 3 is 2.65 bits per heavy atom. The van der Waals surface area contributed by atoms with Crippen LogP contribution < -0.4 is 5.32 Å². The van der Waals surface area contributed by atoms with Gasteiger partial charge in [-0.2, -0.15) is 10.1 Å². The monoisotopic (exact) mass is 505 g/mol. The van der Waals surface area contributed by atoms with Crippen molar-refractivity contribution in [1.82, 2.24) is 39.1 Å². The summed E-state index contributed by atoms with van der Waals surface area (Å²) in [5.41, 5.74) is 3.95. The van der Waals surface area contributed by atoms with Gasteiger partial charge in [-0.05, 0) is 50.1 Å². The van der Waals surface area contributed by atoms with Crippen molar-refractivity contribution in [3.05, 3.63) is 42.4 Å². The highest BCUT2D eigenvalue weighted by Gasteiger charge is 2.47. The van der Waals surface area contributed by atoms with Gasteiger partial charge in [-0.1, -0.05) is 6.08 Å². The van der Waals surface area contributed by atoms with Gasteiger partial charge in [-0.3, -0.25) is 14.4 Å². The van der Waals surface area contributed by atoms with Crippen LogP contribution in [0.4, 0.5) is 16.4 Å². The molecule has 2 fully saturated rings. The van der Waals surface area contributed by atoms with Crippen molar-refractivity contribution in [2.75, 3.05) is 51.1 Å². The summed E-state index contributed by atoms with van der Waals surface area (Å²) in [6.45, 7) is 4.45. The van der Waals surface area contributed by atoms with E-state index in [2.05, 4.69) is 27.7 Å². The fraction of sp³-hybridized carbons (Fsp3) is 0.480. The first kappa shape index (κ1) is 23.5. The topological polar surface area (TPSA) is 124 Å². The first-order chi connectivity index (χ1) is 17.9. The number of aryl methyl sites for hydroxylation is 1. The average Bonchev–Trinajstić information content (AvgIpc) is 3.47. The van der Waals surface area contributed by atoms with Crippen molar-refractivity contribution >= 4 is 34.9 Å². The fourth-order valence-corrected chi connectivity index (χ4v) is 5.70. The smallest absolute Gasteiger partial charge is 0.320 e. The summed E-state index contributed by atoms with van der Waals surface area (Å²) >= 11 is 0. The zero-order valence-electron chi connectivity index (χ0n) is 20.9. The molecular weight excluding hydrogens is 474 g/mol. The molecule has 3 aliphatic heterocycles. The van der Waals surface area contributed by atoms with E-state index in [0.29, 0.717) is 19.0 Å². The molecule has 0 aliphatic carbocycles. The predicted octanol–water partition coefficient (Wildman–Crippen LogP) is 1.90. The van der Waals surface area contributed by atoms with Gasteiger partial charge in [-0.25, -0.2) is 9.31 Å². The minimum atomic E-state index is -0.777. The summed E-state index contributed by atoms with van der Waals surface area (Å²) in [6.07, 6.45) is 10.3. The van der Waals surface area contributed by atoms with Gasteiger partial charge in [0.2, 0.25) is 5.95 Å². The highest BCUT2D eigenvalue weighted by molar-refractivity contribution is 5.81. The lowest BCUT2D eigenvalue weighted by atomic mass is 9.72. The van der Waals surface area contributed by atoms with Gasteiger partial charge in [-0.15, -0.1) is 5.10 Å². The van der Waals surface area contributed by atoms with Gasteiger partial charge in [0.05, 0.1) is 18.4 Å². The lowest BCUT2D eigenvalue weighted by molar-refractivity contribution is -0.139. The van der Waals surface area contributed by atoms with E-state index in [9.17, 15) is 9.59 Å². The van der Waals surface area contributed by atoms with Crippen LogP contribution in [0, 0.1) is 5.41 Å². The number of pyridine rings is 1.